The summed E-state index contributed by atoms with van der Waals surface area (Å²) in [7, 11) is 0. The maximum atomic E-state index is 5.85. The largest absolute Gasteiger partial charge is 0.382 e. The summed E-state index contributed by atoms with van der Waals surface area (Å²) in [6, 6.07) is 12.2. The molecular weight excluding hydrogens is 248 g/mol. The number of benzene rings is 1. The zero-order valence-electron chi connectivity index (χ0n) is 11.5. The van der Waals surface area contributed by atoms with Crippen LogP contribution in [-0.4, -0.2) is 16.5 Å². The van der Waals surface area contributed by atoms with Crippen molar-refractivity contribution in [2.75, 3.05) is 0 Å². The Bertz CT molecular complexity index is 683. The molecule has 0 amide bonds. The minimum Gasteiger partial charge on any atom is -0.382 e. The first-order valence-corrected chi connectivity index (χ1v) is 6.51. The van der Waals surface area contributed by atoms with E-state index in [1.165, 1.54) is 0 Å². The third-order valence-electron chi connectivity index (χ3n) is 3.50. The maximum absolute atomic E-state index is 5.85. The van der Waals surface area contributed by atoms with Crippen LogP contribution in [0.3, 0.4) is 0 Å². The summed E-state index contributed by atoms with van der Waals surface area (Å²) in [6.07, 6.45) is 3.62. The molecule has 3 rings (SSSR count). The quantitative estimate of drug-likeness (QED) is 0.906. The van der Waals surface area contributed by atoms with Crippen LogP contribution in [0.15, 0.2) is 58.8 Å². The van der Waals surface area contributed by atoms with E-state index in [9.17, 15) is 0 Å². The van der Waals surface area contributed by atoms with Crippen molar-refractivity contribution in [2.45, 2.75) is 19.5 Å². The predicted octanol–water partition coefficient (Wildman–Crippen LogP) is 2.75. The summed E-state index contributed by atoms with van der Waals surface area (Å²) >= 11 is 0. The number of hydrogen-bond donors (Lipinski definition) is 1. The Hall–Kier alpha value is -2.49. The van der Waals surface area contributed by atoms with Crippen molar-refractivity contribution >= 4 is 11.5 Å². The lowest BCUT2D eigenvalue weighted by atomic mass is 9.98. The second kappa shape index (κ2) is 4.56. The fourth-order valence-corrected chi connectivity index (χ4v) is 2.38. The summed E-state index contributed by atoms with van der Waals surface area (Å²) in [5.41, 5.74) is 9.23. The highest BCUT2D eigenvalue weighted by Gasteiger charge is 2.30. The Kier molecular flexibility index (Phi) is 2.86. The summed E-state index contributed by atoms with van der Waals surface area (Å²) in [5.74, 6) is 0.513. The number of aromatic nitrogens is 1. The first kappa shape index (κ1) is 12.5. The third-order valence-corrected chi connectivity index (χ3v) is 3.50. The van der Waals surface area contributed by atoms with Crippen molar-refractivity contribution < 1.29 is 0 Å². The molecule has 2 N–H and O–H groups in total. The Balaban J connectivity index is 2.06. The van der Waals surface area contributed by atoms with Crippen LogP contribution in [0.2, 0.25) is 0 Å². The van der Waals surface area contributed by atoms with Gasteiger partial charge in [0.2, 0.25) is 0 Å². The second-order valence-electron chi connectivity index (χ2n) is 5.04. The third kappa shape index (κ3) is 2.09. The van der Waals surface area contributed by atoms with Crippen LogP contribution in [0.5, 0.6) is 0 Å². The number of amidine groups is 1. The van der Waals surface area contributed by atoms with Gasteiger partial charge in [-0.05, 0) is 37.1 Å². The van der Waals surface area contributed by atoms with E-state index in [1.54, 1.807) is 6.20 Å². The van der Waals surface area contributed by atoms with Gasteiger partial charge in [0.25, 0.3) is 0 Å². The van der Waals surface area contributed by atoms with Crippen molar-refractivity contribution in [2.24, 2.45) is 15.7 Å². The fraction of sp³-hybridized carbons (Fsp3) is 0.188. The summed E-state index contributed by atoms with van der Waals surface area (Å²) in [5, 5.41) is 0. The van der Waals surface area contributed by atoms with Crippen molar-refractivity contribution in [3.05, 3.63) is 54.4 Å². The first-order chi connectivity index (χ1) is 9.58. The van der Waals surface area contributed by atoms with Gasteiger partial charge in [-0.1, -0.05) is 24.3 Å². The summed E-state index contributed by atoms with van der Waals surface area (Å²) < 4.78 is 0. The number of nitrogens with two attached hydrogens (primary N) is 1. The molecule has 1 aromatic heterocycles. The van der Waals surface area contributed by atoms with Gasteiger partial charge in [-0.2, -0.15) is 0 Å². The number of pyridine rings is 1. The van der Waals surface area contributed by atoms with Crippen molar-refractivity contribution in [3.8, 4) is 11.1 Å². The standard InChI is InChI=1S/C16H16N4/c1-11-15(17)20-16(2,19-11)14-7-3-5-12(9-14)13-6-4-8-18-10-13/h3-10H,1-2H3,(H2,17,20)/t16-/m1/s1. The molecule has 20 heavy (non-hydrogen) atoms. The highest BCUT2D eigenvalue weighted by Crippen LogP contribution is 2.33. The van der Waals surface area contributed by atoms with Gasteiger partial charge in [0, 0.05) is 18.0 Å². The SMILES string of the molecule is CC1=N[C@@](C)(c2cccc(-c3cccnc3)c2)N=C1N. The zero-order chi connectivity index (χ0) is 14.2. The molecule has 4 heteroatoms. The number of nitrogens with zero attached hydrogens (tertiary/aromatic N) is 3. The van der Waals surface area contributed by atoms with Crippen molar-refractivity contribution in [1.29, 1.82) is 0 Å². The van der Waals surface area contributed by atoms with Crippen LogP contribution in [0.1, 0.15) is 19.4 Å². The minimum absolute atomic E-state index is 0.513. The average Bonchev–Trinajstić information content (AvgIpc) is 2.74. The van der Waals surface area contributed by atoms with Gasteiger partial charge in [0.15, 0.2) is 5.66 Å². The highest BCUT2D eigenvalue weighted by atomic mass is 15.2. The van der Waals surface area contributed by atoms with Crippen LogP contribution in [-0.2, 0) is 5.66 Å². The zero-order valence-corrected chi connectivity index (χ0v) is 11.5. The van der Waals surface area contributed by atoms with Crippen LogP contribution >= 0.6 is 0 Å². The smallest absolute Gasteiger partial charge is 0.175 e. The highest BCUT2D eigenvalue weighted by molar-refractivity contribution is 6.41. The Labute approximate surface area is 118 Å². The molecule has 1 aliphatic rings. The Morgan fingerprint density at radius 1 is 1.05 bits per heavy atom. The number of aliphatic imine (C=N–C) groups is 2. The van der Waals surface area contributed by atoms with Gasteiger partial charge < -0.3 is 5.73 Å². The van der Waals surface area contributed by atoms with E-state index in [0.29, 0.717) is 5.84 Å². The van der Waals surface area contributed by atoms with Crippen LogP contribution in [0, 0.1) is 0 Å². The molecule has 1 atom stereocenters. The van der Waals surface area contributed by atoms with Gasteiger partial charge in [0.1, 0.15) is 5.84 Å². The van der Waals surface area contributed by atoms with E-state index in [-0.39, 0.29) is 0 Å². The topological polar surface area (TPSA) is 63.6 Å². The van der Waals surface area contributed by atoms with E-state index in [2.05, 4.69) is 27.1 Å². The molecule has 2 aromatic rings. The lowest BCUT2D eigenvalue weighted by Crippen LogP contribution is -2.18. The molecule has 1 aromatic carbocycles. The molecule has 100 valence electrons. The lowest BCUT2D eigenvalue weighted by molar-refractivity contribution is 0.540. The van der Waals surface area contributed by atoms with Gasteiger partial charge in [-0.15, -0.1) is 0 Å². The van der Waals surface area contributed by atoms with Gasteiger partial charge in [-0.25, -0.2) is 4.99 Å². The first-order valence-electron chi connectivity index (χ1n) is 6.51. The maximum Gasteiger partial charge on any atom is 0.175 e. The van der Waals surface area contributed by atoms with E-state index in [4.69, 9.17) is 5.73 Å². The molecule has 0 fully saturated rings. The molecule has 0 unspecified atom stereocenters. The lowest BCUT2D eigenvalue weighted by Gasteiger charge is -2.18. The van der Waals surface area contributed by atoms with E-state index >= 15 is 0 Å². The van der Waals surface area contributed by atoms with Crippen LogP contribution in [0.4, 0.5) is 0 Å². The number of rotatable bonds is 2. The Morgan fingerprint density at radius 2 is 1.85 bits per heavy atom. The van der Waals surface area contributed by atoms with Crippen LogP contribution in [0.25, 0.3) is 11.1 Å². The predicted molar refractivity (Wildman–Crippen MR) is 81.8 cm³/mol. The van der Waals surface area contributed by atoms with Crippen molar-refractivity contribution in [3.63, 3.8) is 0 Å². The number of hydrogen-bond acceptors (Lipinski definition) is 4. The van der Waals surface area contributed by atoms with Crippen molar-refractivity contribution in [1.82, 2.24) is 4.98 Å². The molecule has 0 saturated heterocycles. The van der Waals surface area contributed by atoms with Gasteiger partial charge in [-0.3, -0.25) is 9.98 Å². The van der Waals surface area contributed by atoms with Gasteiger partial charge >= 0.3 is 0 Å². The molecule has 4 nitrogen and oxygen atoms in total. The molecule has 1 aliphatic heterocycles. The molecule has 2 heterocycles. The Morgan fingerprint density at radius 3 is 2.50 bits per heavy atom. The molecular formula is C16H16N4. The van der Waals surface area contributed by atoms with E-state index in [1.807, 2.05) is 44.3 Å². The second-order valence-corrected chi connectivity index (χ2v) is 5.04. The molecule has 0 aliphatic carbocycles. The van der Waals surface area contributed by atoms with E-state index in [0.717, 1.165) is 22.4 Å². The summed E-state index contributed by atoms with van der Waals surface area (Å²) in [4.78, 5) is 13.2. The average molecular weight is 264 g/mol. The molecule has 0 saturated carbocycles. The fourth-order valence-electron chi connectivity index (χ4n) is 2.38. The van der Waals surface area contributed by atoms with Gasteiger partial charge in [0.05, 0.1) is 5.71 Å². The monoisotopic (exact) mass is 264 g/mol. The van der Waals surface area contributed by atoms with Crippen LogP contribution < -0.4 is 5.73 Å². The van der Waals surface area contributed by atoms with E-state index < -0.39 is 5.66 Å². The minimum atomic E-state index is -0.619. The molecule has 0 spiro atoms. The summed E-state index contributed by atoms with van der Waals surface area (Å²) in [6.45, 7) is 3.85. The normalized spacial score (nSPS) is 21.5. The molecule has 0 radical (unpaired) electrons. The molecule has 0 bridgehead atoms.